The van der Waals surface area contributed by atoms with Gasteiger partial charge in [0.05, 0.1) is 7.11 Å². The van der Waals surface area contributed by atoms with Gasteiger partial charge >= 0.3 is 0 Å². The minimum atomic E-state index is 0.462. The standard InChI is InChI=1S/C23H41NO/c1-8-19(3)24(21-12-14-22(25-7)15-13-21)18-16-20(9-2)11-10-17-23(4,5)6/h12-15,19-20H,8-11,16-18H2,1-7H3. The average Bonchev–Trinajstić information content (AvgIpc) is 2.59. The van der Waals surface area contributed by atoms with Crippen molar-refractivity contribution in [1.82, 2.24) is 0 Å². The van der Waals surface area contributed by atoms with Crippen molar-refractivity contribution in [2.75, 3.05) is 18.6 Å². The molecule has 1 aromatic rings. The molecular formula is C23H41NO. The molecule has 0 saturated carbocycles. The van der Waals surface area contributed by atoms with E-state index in [1.807, 2.05) is 0 Å². The van der Waals surface area contributed by atoms with E-state index in [9.17, 15) is 0 Å². The number of methoxy groups -OCH3 is 1. The quantitative estimate of drug-likeness (QED) is 0.430. The molecule has 1 aromatic carbocycles. The summed E-state index contributed by atoms with van der Waals surface area (Å²) >= 11 is 0. The van der Waals surface area contributed by atoms with Crippen molar-refractivity contribution < 1.29 is 4.74 Å². The molecule has 0 bridgehead atoms. The van der Waals surface area contributed by atoms with E-state index in [1.54, 1.807) is 7.11 Å². The number of hydrogen-bond acceptors (Lipinski definition) is 2. The van der Waals surface area contributed by atoms with Crippen molar-refractivity contribution in [2.45, 2.75) is 86.1 Å². The van der Waals surface area contributed by atoms with Gasteiger partial charge in [0.25, 0.3) is 0 Å². The molecule has 0 aliphatic rings. The van der Waals surface area contributed by atoms with Crippen molar-refractivity contribution >= 4 is 5.69 Å². The zero-order valence-corrected chi connectivity index (χ0v) is 17.8. The van der Waals surface area contributed by atoms with Gasteiger partial charge in [0.15, 0.2) is 0 Å². The van der Waals surface area contributed by atoms with Gasteiger partial charge in [-0.25, -0.2) is 0 Å². The highest BCUT2D eigenvalue weighted by Gasteiger charge is 2.17. The van der Waals surface area contributed by atoms with Crippen LogP contribution in [0.25, 0.3) is 0 Å². The third-order valence-electron chi connectivity index (χ3n) is 5.42. The van der Waals surface area contributed by atoms with Crippen LogP contribution in [0.3, 0.4) is 0 Å². The van der Waals surface area contributed by atoms with Crippen LogP contribution in [-0.2, 0) is 0 Å². The highest BCUT2D eigenvalue weighted by Crippen LogP contribution is 2.27. The molecule has 25 heavy (non-hydrogen) atoms. The number of nitrogens with zero attached hydrogens (tertiary/aromatic N) is 1. The number of ether oxygens (including phenoxy) is 1. The molecule has 0 aliphatic carbocycles. The fourth-order valence-electron chi connectivity index (χ4n) is 3.39. The Morgan fingerprint density at radius 1 is 1.00 bits per heavy atom. The lowest BCUT2D eigenvalue weighted by atomic mass is 9.86. The first-order valence-corrected chi connectivity index (χ1v) is 10.2. The molecule has 2 heteroatoms. The fourth-order valence-corrected chi connectivity index (χ4v) is 3.39. The van der Waals surface area contributed by atoms with Crippen LogP contribution in [0, 0.1) is 11.3 Å². The van der Waals surface area contributed by atoms with Gasteiger partial charge in [-0.3, -0.25) is 0 Å². The molecular weight excluding hydrogens is 306 g/mol. The van der Waals surface area contributed by atoms with Gasteiger partial charge < -0.3 is 9.64 Å². The van der Waals surface area contributed by atoms with Crippen LogP contribution in [0.5, 0.6) is 5.75 Å². The Balaban J connectivity index is 2.64. The maximum absolute atomic E-state index is 5.30. The second-order valence-electron chi connectivity index (χ2n) is 8.66. The first-order chi connectivity index (χ1) is 11.8. The van der Waals surface area contributed by atoms with E-state index in [1.165, 1.54) is 44.2 Å². The summed E-state index contributed by atoms with van der Waals surface area (Å²) in [5.41, 5.74) is 1.78. The maximum Gasteiger partial charge on any atom is 0.119 e. The molecule has 0 aromatic heterocycles. The summed E-state index contributed by atoms with van der Waals surface area (Å²) in [5.74, 6) is 1.77. The Morgan fingerprint density at radius 3 is 2.12 bits per heavy atom. The SMILES string of the molecule is CCC(CCCC(C)(C)C)CCN(c1ccc(OC)cc1)C(C)CC. The largest absolute Gasteiger partial charge is 0.497 e. The lowest BCUT2D eigenvalue weighted by molar-refractivity contribution is 0.327. The van der Waals surface area contributed by atoms with Gasteiger partial charge in [-0.1, -0.05) is 53.9 Å². The van der Waals surface area contributed by atoms with E-state index in [0.29, 0.717) is 11.5 Å². The summed E-state index contributed by atoms with van der Waals surface area (Å²) in [5, 5.41) is 0. The molecule has 0 fully saturated rings. The normalized spacial score (nSPS) is 14.2. The molecule has 0 radical (unpaired) electrons. The van der Waals surface area contributed by atoms with E-state index in [-0.39, 0.29) is 0 Å². The second-order valence-corrected chi connectivity index (χ2v) is 8.66. The smallest absolute Gasteiger partial charge is 0.119 e. The Bertz CT molecular complexity index is 460. The molecule has 0 saturated heterocycles. The highest BCUT2D eigenvalue weighted by atomic mass is 16.5. The molecule has 2 unspecified atom stereocenters. The topological polar surface area (TPSA) is 12.5 Å². The summed E-state index contributed by atoms with van der Waals surface area (Å²) < 4.78 is 5.30. The van der Waals surface area contributed by atoms with E-state index in [4.69, 9.17) is 4.74 Å². The van der Waals surface area contributed by atoms with Gasteiger partial charge in [0.2, 0.25) is 0 Å². The second kappa shape index (κ2) is 10.7. The Hall–Kier alpha value is -1.18. The van der Waals surface area contributed by atoms with Crippen molar-refractivity contribution in [3.05, 3.63) is 24.3 Å². The Labute approximate surface area is 157 Å². The third-order valence-corrected chi connectivity index (χ3v) is 5.42. The summed E-state index contributed by atoms with van der Waals surface area (Å²) in [6.07, 6.45) is 7.81. The predicted molar refractivity (Wildman–Crippen MR) is 112 cm³/mol. The van der Waals surface area contributed by atoms with Gasteiger partial charge in [0.1, 0.15) is 5.75 Å². The lowest BCUT2D eigenvalue weighted by Crippen LogP contribution is -2.34. The summed E-state index contributed by atoms with van der Waals surface area (Å²) in [6, 6.07) is 9.12. The van der Waals surface area contributed by atoms with Crippen molar-refractivity contribution in [3.8, 4) is 5.75 Å². The first kappa shape index (κ1) is 21.9. The van der Waals surface area contributed by atoms with Gasteiger partial charge in [-0.05, 0) is 61.8 Å². The van der Waals surface area contributed by atoms with E-state index in [0.717, 1.165) is 18.2 Å². The minimum Gasteiger partial charge on any atom is -0.497 e. The minimum absolute atomic E-state index is 0.462. The Kier molecular flexibility index (Phi) is 9.38. The molecule has 0 heterocycles. The molecule has 2 atom stereocenters. The van der Waals surface area contributed by atoms with Gasteiger partial charge in [0, 0.05) is 18.3 Å². The van der Waals surface area contributed by atoms with E-state index >= 15 is 0 Å². The van der Waals surface area contributed by atoms with E-state index in [2.05, 4.69) is 70.7 Å². The van der Waals surface area contributed by atoms with Crippen molar-refractivity contribution in [2.24, 2.45) is 11.3 Å². The van der Waals surface area contributed by atoms with Crippen LogP contribution in [0.1, 0.15) is 80.1 Å². The van der Waals surface area contributed by atoms with Crippen LogP contribution >= 0.6 is 0 Å². The highest BCUT2D eigenvalue weighted by molar-refractivity contribution is 5.49. The molecule has 0 spiro atoms. The third kappa shape index (κ3) is 8.16. The maximum atomic E-state index is 5.30. The zero-order chi connectivity index (χ0) is 18.9. The first-order valence-electron chi connectivity index (χ1n) is 10.2. The average molecular weight is 348 g/mol. The number of hydrogen-bond donors (Lipinski definition) is 0. The summed E-state index contributed by atoms with van der Waals surface area (Å²) in [6.45, 7) is 15.2. The van der Waals surface area contributed by atoms with Gasteiger partial charge in [-0.2, -0.15) is 0 Å². The number of benzene rings is 1. The number of rotatable bonds is 11. The van der Waals surface area contributed by atoms with Crippen molar-refractivity contribution in [1.29, 1.82) is 0 Å². The van der Waals surface area contributed by atoms with E-state index < -0.39 is 0 Å². The fraction of sp³-hybridized carbons (Fsp3) is 0.739. The van der Waals surface area contributed by atoms with Crippen LogP contribution in [0.2, 0.25) is 0 Å². The molecule has 144 valence electrons. The van der Waals surface area contributed by atoms with Crippen LogP contribution < -0.4 is 9.64 Å². The lowest BCUT2D eigenvalue weighted by Gasteiger charge is -2.32. The monoisotopic (exact) mass is 347 g/mol. The molecule has 0 amide bonds. The number of anilines is 1. The van der Waals surface area contributed by atoms with Crippen LogP contribution in [-0.4, -0.2) is 19.7 Å². The predicted octanol–water partition coefficient (Wildman–Crippen LogP) is 6.93. The van der Waals surface area contributed by atoms with Crippen molar-refractivity contribution in [3.63, 3.8) is 0 Å². The molecule has 0 N–H and O–H groups in total. The molecule has 0 aliphatic heterocycles. The molecule has 1 rings (SSSR count). The Morgan fingerprint density at radius 2 is 1.64 bits per heavy atom. The molecule has 2 nitrogen and oxygen atoms in total. The van der Waals surface area contributed by atoms with Gasteiger partial charge in [-0.15, -0.1) is 0 Å². The summed E-state index contributed by atoms with van der Waals surface area (Å²) in [4.78, 5) is 2.58. The van der Waals surface area contributed by atoms with Crippen LogP contribution in [0.15, 0.2) is 24.3 Å². The zero-order valence-electron chi connectivity index (χ0n) is 17.8. The van der Waals surface area contributed by atoms with Crippen LogP contribution in [0.4, 0.5) is 5.69 Å². The summed E-state index contributed by atoms with van der Waals surface area (Å²) in [7, 11) is 1.73.